The van der Waals surface area contributed by atoms with E-state index >= 15 is 0 Å². The lowest BCUT2D eigenvalue weighted by atomic mass is 10.1. The Balaban J connectivity index is 1.36. The van der Waals surface area contributed by atoms with Gasteiger partial charge in [0.05, 0.1) is 13.2 Å². The molecule has 0 radical (unpaired) electrons. The molecule has 0 spiro atoms. The van der Waals surface area contributed by atoms with E-state index in [-0.39, 0.29) is 11.6 Å². The number of ether oxygens (including phenoxy) is 1. The molecule has 1 aliphatic heterocycles. The smallest absolute Gasteiger partial charge is 0.350 e. The van der Waals surface area contributed by atoms with E-state index in [1.165, 1.54) is 9.08 Å². The van der Waals surface area contributed by atoms with Crippen LogP contribution in [0.25, 0.3) is 5.65 Å². The lowest BCUT2D eigenvalue weighted by Crippen LogP contribution is -2.21. The van der Waals surface area contributed by atoms with Crippen molar-refractivity contribution in [2.75, 3.05) is 11.9 Å². The Kier molecular flexibility index (Phi) is 4.13. The van der Waals surface area contributed by atoms with Gasteiger partial charge in [-0.1, -0.05) is 18.2 Å². The number of hydrogen-bond donors (Lipinski definition) is 1. The van der Waals surface area contributed by atoms with Gasteiger partial charge in [0.2, 0.25) is 0 Å². The highest BCUT2D eigenvalue weighted by Crippen LogP contribution is 2.26. The Morgan fingerprint density at radius 2 is 2.03 bits per heavy atom. The van der Waals surface area contributed by atoms with Gasteiger partial charge in [0.15, 0.2) is 5.65 Å². The van der Waals surface area contributed by atoms with E-state index in [9.17, 15) is 9.59 Å². The molecule has 29 heavy (non-hydrogen) atoms. The van der Waals surface area contributed by atoms with Crippen LogP contribution in [0, 0.1) is 0 Å². The van der Waals surface area contributed by atoms with Crippen LogP contribution in [0.3, 0.4) is 0 Å². The van der Waals surface area contributed by atoms with Crippen LogP contribution in [0.2, 0.25) is 0 Å². The molecule has 1 N–H and O–H groups in total. The number of fused-ring (bicyclic) bond motifs is 2. The van der Waals surface area contributed by atoms with E-state index < -0.39 is 0 Å². The number of hydrogen-bond acceptors (Lipinski definition) is 4. The average Bonchev–Trinajstić information content (AvgIpc) is 3.33. The third-order valence-corrected chi connectivity index (χ3v) is 4.96. The second-order valence-corrected chi connectivity index (χ2v) is 6.94. The number of carbonyl (C=O) groups is 1. The van der Waals surface area contributed by atoms with Crippen LogP contribution >= 0.6 is 0 Å². The Morgan fingerprint density at radius 1 is 1.10 bits per heavy atom. The summed E-state index contributed by atoms with van der Waals surface area (Å²) in [6, 6.07) is 18.3. The zero-order chi connectivity index (χ0) is 19.8. The number of benzene rings is 2. The maximum Gasteiger partial charge on any atom is 0.350 e. The van der Waals surface area contributed by atoms with Gasteiger partial charge in [0.25, 0.3) is 5.91 Å². The molecule has 1 amide bonds. The fourth-order valence-electron chi connectivity index (χ4n) is 3.52. The van der Waals surface area contributed by atoms with Crippen molar-refractivity contribution in [2.24, 2.45) is 0 Å². The molecule has 0 unspecified atom stereocenters. The molecule has 3 heterocycles. The summed E-state index contributed by atoms with van der Waals surface area (Å²) in [5, 5.41) is 7.27. The summed E-state index contributed by atoms with van der Waals surface area (Å²) in [7, 11) is 0. The van der Waals surface area contributed by atoms with E-state index in [1.54, 1.807) is 24.4 Å². The van der Waals surface area contributed by atoms with E-state index in [4.69, 9.17) is 4.74 Å². The number of amides is 1. The van der Waals surface area contributed by atoms with Crippen molar-refractivity contribution in [3.05, 3.63) is 94.0 Å². The van der Waals surface area contributed by atoms with Crippen LogP contribution in [0.1, 0.15) is 21.5 Å². The third-order valence-electron chi connectivity index (χ3n) is 4.96. The van der Waals surface area contributed by atoms with Crippen LogP contribution in [0.15, 0.2) is 71.7 Å². The highest BCUT2D eigenvalue weighted by atomic mass is 16.5. The monoisotopic (exact) mass is 386 g/mol. The average molecular weight is 386 g/mol. The molecule has 5 rings (SSSR count). The second-order valence-electron chi connectivity index (χ2n) is 6.94. The van der Waals surface area contributed by atoms with E-state index in [0.29, 0.717) is 30.0 Å². The number of rotatable bonds is 4. The minimum atomic E-state index is -0.199. The molecular formula is C22H18N4O3. The van der Waals surface area contributed by atoms with Gasteiger partial charge in [0.1, 0.15) is 5.75 Å². The second kappa shape index (κ2) is 6.94. The van der Waals surface area contributed by atoms with Crippen LogP contribution < -0.4 is 15.7 Å². The van der Waals surface area contributed by atoms with Crippen molar-refractivity contribution in [2.45, 2.75) is 13.0 Å². The first-order valence-corrected chi connectivity index (χ1v) is 9.38. The number of aromatic nitrogens is 3. The standard InChI is InChI=1S/C22H18N4O3/c27-21(17-7-8-19-16(13-17)9-11-29-19)23-18-5-3-4-15(12-18)14-26-22(28)25-10-2-1-6-20(25)24-26/h1-8,10,12-13H,9,11,14H2,(H,23,27). The molecule has 0 saturated carbocycles. The van der Waals surface area contributed by atoms with E-state index in [2.05, 4.69) is 10.4 Å². The minimum absolute atomic E-state index is 0.179. The van der Waals surface area contributed by atoms with Crippen LogP contribution in [-0.4, -0.2) is 26.7 Å². The van der Waals surface area contributed by atoms with Crippen LogP contribution in [-0.2, 0) is 13.0 Å². The van der Waals surface area contributed by atoms with Crippen molar-refractivity contribution in [3.63, 3.8) is 0 Å². The Hall–Kier alpha value is -3.87. The molecule has 0 saturated heterocycles. The van der Waals surface area contributed by atoms with Gasteiger partial charge in [-0.2, -0.15) is 0 Å². The highest BCUT2D eigenvalue weighted by molar-refractivity contribution is 6.04. The summed E-state index contributed by atoms with van der Waals surface area (Å²) in [5.41, 5.74) is 3.59. The molecule has 7 nitrogen and oxygen atoms in total. The topological polar surface area (TPSA) is 77.6 Å². The predicted molar refractivity (Wildman–Crippen MR) is 109 cm³/mol. The molecule has 2 aromatic carbocycles. The zero-order valence-electron chi connectivity index (χ0n) is 15.5. The first kappa shape index (κ1) is 17.2. The van der Waals surface area contributed by atoms with Gasteiger partial charge in [0, 0.05) is 23.9 Å². The molecular weight excluding hydrogens is 368 g/mol. The Bertz CT molecular complexity index is 1290. The first-order valence-electron chi connectivity index (χ1n) is 9.38. The van der Waals surface area contributed by atoms with Crippen molar-refractivity contribution in [1.29, 1.82) is 0 Å². The molecule has 0 atom stereocenters. The zero-order valence-corrected chi connectivity index (χ0v) is 15.5. The van der Waals surface area contributed by atoms with Gasteiger partial charge in [-0.05, 0) is 53.6 Å². The Labute approximate surface area is 166 Å². The van der Waals surface area contributed by atoms with Gasteiger partial charge < -0.3 is 10.1 Å². The normalized spacial score (nSPS) is 12.6. The number of nitrogens with one attached hydrogen (secondary N) is 1. The summed E-state index contributed by atoms with van der Waals surface area (Å²) in [5.74, 6) is 0.670. The van der Waals surface area contributed by atoms with E-state index in [1.807, 2.05) is 42.5 Å². The van der Waals surface area contributed by atoms with Crippen molar-refractivity contribution >= 4 is 17.2 Å². The summed E-state index contributed by atoms with van der Waals surface area (Å²) < 4.78 is 8.40. The fourth-order valence-corrected chi connectivity index (χ4v) is 3.52. The number of pyridine rings is 1. The van der Waals surface area contributed by atoms with E-state index in [0.717, 1.165) is 23.3 Å². The number of anilines is 1. The molecule has 0 bridgehead atoms. The maximum absolute atomic E-state index is 12.6. The summed E-state index contributed by atoms with van der Waals surface area (Å²) >= 11 is 0. The molecule has 0 fully saturated rings. The third kappa shape index (κ3) is 3.27. The minimum Gasteiger partial charge on any atom is -0.493 e. The van der Waals surface area contributed by atoms with Crippen LogP contribution in [0.5, 0.6) is 5.75 Å². The Morgan fingerprint density at radius 3 is 2.93 bits per heavy atom. The number of nitrogens with zero attached hydrogens (tertiary/aromatic N) is 3. The van der Waals surface area contributed by atoms with Gasteiger partial charge in [-0.25, -0.2) is 9.48 Å². The molecule has 7 heteroatoms. The van der Waals surface area contributed by atoms with Gasteiger partial charge in [-0.15, -0.1) is 5.10 Å². The quantitative estimate of drug-likeness (QED) is 0.585. The lowest BCUT2D eigenvalue weighted by Gasteiger charge is -2.08. The summed E-state index contributed by atoms with van der Waals surface area (Å²) in [4.78, 5) is 25.1. The molecule has 2 aromatic heterocycles. The largest absolute Gasteiger partial charge is 0.493 e. The van der Waals surface area contributed by atoms with Gasteiger partial charge >= 0.3 is 5.69 Å². The summed E-state index contributed by atoms with van der Waals surface area (Å²) in [6.45, 7) is 0.977. The fraction of sp³-hybridized carbons (Fsp3) is 0.136. The van der Waals surface area contributed by atoms with Crippen molar-refractivity contribution in [3.8, 4) is 5.75 Å². The SMILES string of the molecule is O=C(Nc1cccc(Cn2nc3ccccn3c2=O)c1)c1ccc2c(c1)CCO2. The molecule has 4 aromatic rings. The lowest BCUT2D eigenvalue weighted by molar-refractivity contribution is 0.102. The summed E-state index contributed by atoms with van der Waals surface area (Å²) in [6.07, 6.45) is 2.51. The first-order chi connectivity index (χ1) is 14.2. The van der Waals surface area contributed by atoms with Crippen molar-refractivity contribution in [1.82, 2.24) is 14.2 Å². The predicted octanol–water partition coefficient (Wildman–Crippen LogP) is 2.73. The number of carbonyl (C=O) groups excluding carboxylic acids is 1. The molecule has 0 aliphatic carbocycles. The molecule has 1 aliphatic rings. The maximum atomic E-state index is 12.6. The molecule has 144 valence electrons. The van der Waals surface area contributed by atoms with Crippen molar-refractivity contribution < 1.29 is 9.53 Å². The van der Waals surface area contributed by atoms with Gasteiger partial charge in [-0.3, -0.25) is 9.20 Å². The van der Waals surface area contributed by atoms with Crippen LogP contribution in [0.4, 0.5) is 5.69 Å². The highest BCUT2D eigenvalue weighted by Gasteiger charge is 2.15.